The number of terminal acetylenes is 1. The highest BCUT2D eigenvalue weighted by molar-refractivity contribution is 9.10. The van der Waals surface area contributed by atoms with Gasteiger partial charge < -0.3 is 0 Å². The number of benzene rings is 1. The van der Waals surface area contributed by atoms with Gasteiger partial charge in [0.1, 0.15) is 0 Å². The third kappa shape index (κ3) is 3.43. The van der Waals surface area contributed by atoms with E-state index in [0.717, 1.165) is 30.2 Å². The van der Waals surface area contributed by atoms with Crippen LogP contribution in [-0.2, 0) is 10.0 Å². The van der Waals surface area contributed by atoms with Crippen LogP contribution in [0.4, 0.5) is 0 Å². The minimum atomic E-state index is -3.52. The van der Waals surface area contributed by atoms with Gasteiger partial charge in [-0.05, 0) is 31.0 Å². The summed E-state index contributed by atoms with van der Waals surface area (Å²) in [6, 6.07) is 6.81. The maximum atomic E-state index is 12.8. The molecule has 0 amide bonds. The molecule has 0 spiro atoms. The van der Waals surface area contributed by atoms with Gasteiger partial charge in [0.05, 0.1) is 11.4 Å². The Balaban J connectivity index is 2.34. The number of sulfonamides is 1. The summed E-state index contributed by atoms with van der Waals surface area (Å²) in [5.41, 5.74) is 0. The molecule has 1 aromatic carbocycles. The molecule has 5 heteroatoms. The monoisotopic (exact) mass is 355 g/mol. The van der Waals surface area contributed by atoms with E-state index < -0.39 is 10.0 Å². The van der Waals surface area contributed by atoms with Crippen molar-refractivity contribution in [2.45, 2.75) is 43.0 Å². The van der Waals surface area contributed by atoms with Gasteiger partial charge in [0.2, 0.25) is 10.0 Å². The highest BCUT2D eigenvalue weighted by Crippen LogP contribution is 2.28. The van der Waals surface area contributed by atoms with E-state index in [4.69, 9.17) is 6.42 Å². The quantitative estimate of drug-likeness (QED) is 0.776. The maximum Gasteiger partial charge on any atom is 0.244 e. The predicted octanol–water partition coefficient (Wildman–Crippen LogP) is 3.41. The normalized spacial score (nSPS) is 17.1. The third-order valence-corrected chi connectivity index (χ3v) is 6.02. The Morgan fingerprint density at radius 1 is 1.30 bits per heavy atom. The molecule has 2 rings (SSSR count). The van der Waals surface area contributed by atoms with Crippen molar-refractivity contribution in [1.82, 2.24) is 4.31 Å². The van der Waals surface area contributed by atoms with Crippen molar-refractivity contribution in [3.05, 3.63) is 28.7 Å². The summed E-state index contributed by atoms with van der Waals surface area (Å²) >= 11 is 3.32. The summed E-state index contributed by atoms with van der Waals surface area (Å²) < 4.78 is 27.8. The summed E-state index contributed by atoms with van der Waals surface area (Å²) in [6.45, 7) is 0.138. The van der Waals surface area contributed by atoms with Crippen molar-refractivity contribution >= 4 is 26.0 Å². The van der Waals surface area contributed by atoms with E-state index in [2.05, 4.69) is 21.9 Å². The molecule has 0 bridgehead atoms. The Hall–Kier alpha value is -0.830. The van der Waals surface area contributed by atoms with Crippen LogP contribution in [0.25, 0.3) is 0 Å². The van der Waals surface area contributed by atoms with Crippen molar-refractivity contribution in [2.24, 2.45) is 0 Å². The molecule has 1 aliphatic carbocycles. The molecule has 1 aromatic rings. The molecule has 20 heavy (non-hydrogen) atoms. The summed E-state index contributed by atoms with van der Waals surface area (Å²) in [6.07, 6.45) is 10.5. The second-order valence-corrected chi connectivity index (χ2v) is 7.81. The molecule has 0 radical (unpaired) electrons. The number of nitrogens with zero attached hydrogens (tertiary/aromatic N) is 1. The van der Waals surface area contributed by atoms with E-state index in [0.29, 0.717) is 4.90 Å². The van der Waals surface area contributed by atoms with E-state index in [1.54, 1.807) is 18.2 Å². The lowest BCUT2D eigenvalue weighted by Crippen LogP contribution is -2.41. The van der Waals surface area contributed by atoms with E-state index in [-0.39, 0.29) is 12.6 Å². The maximum absolute atomic E-state index is 12.8. The van der Waals surface area contributed by atoms with Gasteiger partial charge in [-0.2, -0.15) is 4.31 Å². The zero-order valence-electron chi connectivity index (χ0n) is 11.3. The largest absolute Gasteiger partial charge is 0.244 e. The lowest BCUT2D eigenvalue weighted by atomic mass is 9.95. The molecule has 0 heterocycles. The Labute approximate surface area is 129 Å². The van der Waals surface area contributed by atoms with Crippen LogP contribution < -0.4 is 0 Å². The number of hydrogen-bond donors (Lipinski definition) is 0. The van der Waals surface area contributed by atoms with Gasteiger partial charge in [0, 0.05) is 10.5 Å². The molecule has 0 aromatic heterocycles. The van der Waals surface area contributed by atoms with Gasteiger partial charge >= 0.3 is 0 Å². The predicted molar refractivity (Wildman–Crippen MR) is 83.7 cm³/mol. The molecular weight excluding hydrogens is 338 g/mol. The number of hydrogen-bond acceptors (Lipinski definition) is 2. The smallest absolute Gasteiger partial charge is 0.207 e. The Morgan fingerprint density at radius 2 is 2.00 bits per heavy atom. The van der Waals surface area contributed by atoms with Gasteiger partial charge in [-0.15, -0.1) is 6.42 Å². The minimum Gasteiger partial charge on any atom is -0.207 e. The zero-order chi connectivity index (χ0) is 14.6. The average molecular weight is 356 g/mol. The van der Waals surface area contributed by atoms with E-state index in [1.165, 1.54) is 10.7 Å². The van der Waals surface area contributed by atoms with Crippen molar-refractivity contribution < 1.29 is 8.42 Å². The molecule has 0 unspecified atom stereocenters. The first-order valence-corrected chi connectivity index (χ1v) is 9.00. The Morgan fingerprint density at radius 3 is 2.60 bits per heavy atom. The van der Waals surface area contributed by atoms with E-state index in [9.17, 15) is 8.42 Å². The highest BCUT2D eigenvalue weighted by Gasteiger charge is 2.31. The summed E-state index contributed by atoms with van der Waals surface area (Å²) in [4.78, 5) is 0.299. The van der Waals surface area contributed by atoms with E-state index in [1.807, 2.05) is 6.07 Å². The van der Waals surface area contributed by atoms with Gasteiger partial charge in [0.25, 0.3) is 0 Å². The van der Waals surface area contributed by atoms with Crippen LogP contribution in [0.5, 0.6) is 0 Å². The van der Waals surface area contributed by atoms with Crippen molar-refractivity contribution in [1.29, 1.82) is 0 Å². The molecule has 0 saturated heterocycles. The molecule has 1 saturated carbocycles. The molecule has 1 aliphatic rings. The fourth-order valence-electron chi connectivity index (χ4n) is 2.63. The number of halogens is 1. The molecular formula is C15H18BrNO2S. The lowest BCUT2D eigenvalue weighted by molar-refractivity contribution is 0.271. The van der Waals surface area contributed by atoms with E-state index >= 15 is 0 Å². The van der Waals surface area contributed by atoms with Crippen LogP contribution in [0.2, 0.25) is 0 Å². The van der Waals surface area contributed by atoms with Crippen LogP contribution in [0.3, 0.4) is 0 Å². The van der Waals surface area contributed by atoms with Gasteiger partial charge in [-0.25, -0.2) is 8.42 Å². The first-order chi connectivity index (χ1) is 9.55. The number of rotatable bonds is 4. The van der Waals surface area contributed by atoms with Gasteiger partial charge in [-0.1, -0.05) is 47.2 Å². The summed E-state index contributed by atoms with van der Waals surface area (Å²) in [7, 11) is -3.52. The Kier molecular flexibility index (Phi) is 5.25. The van der Waals surface area contributed by atoms with Crippen LogP contribution >= 0.6 is 15.9 Å². The average Bonchev–Trinajstić information content (AvgIpc) is 2.45. The van der Waals surface area contributed by atoms with Gasteiger partial charge in [0.15, 0.2) is 0 Å². The lowest BCUT2D eigenvalue weighted by Gasteiger charge is -2.32. The standard InChI is InChI=1S/C15H18BrNO2S/c1-2-11-17(14-8-4-3-5-9-14)20(18,19)15-10-6-7-13(16)12-15/h1,6-7,10,12,14H,3-5,8-9,11H2. The summed E-state index contributed by atoms with van der Waals surface area (Å²) in [5.74, 6) is 2.49. The second kappa shape index (κ2) is 6.75. The molecule has 3 nitrogen and oxygen atoms in total. The van der Waals surface area contributed by atoms with Crippen LogP contribution in [-0.4, -0.2) is 25.3 Å². The molecule has 108 valence electrons. The summed E-state index contributed by atoms with van der Waals surface area (Å²) in [5, 5.41) is 0. The Bertz CT molecular complexity index is 601. The topological polar surface area (TPSA) is 37.4 Å². The molecule has 1 fully saturated rings. The highest BCUT2D eigenvalue weighted by atomic mass is 79.9. The molecule has 0 atom stereocenters. The van der Waals surface area contributed by atoms with Crippen molar-refractivity contribution in [2.75, 3.05) is 6.54 Å². The van der Waals surface area contributed by atoms with Crippen LogP contribution in [0.15, 0.2) is 33.6 Å². The minimum absolute atomic E-state index is 0.0313. The van der Waals surface area contributed by atoms with Crippen LogP contribution in [0.1, 0.15) is 32.1 Å². The third-order valence-electron chi connectivity index (χ3n) is 3.63. The fourth-order valence-corrected chi connectivity index (χ4v) is 4.83. The van der Waals surface area contributed by atoms with Crippen LogP contribution in [0, 0.1) is 12.3 Å². The van der Waals surface area contributed by atoms with Crippen molar-refractivity contribution in [3.63, 3.8) is 0 Å². The molecule has 0 N–H and O–H groups in total. The first kappa shape index (κ1) is 15.6. The zero-order valence-corrected chi connectivity index (χ0v) is 13.7. The fraction of sp³-hybridized carbons (Fsp3) is 0.467. The second-order valence-electron chi connectivity index (χ2n) is 5.00. The van der Waals surface area contributed by atoms with Gasteiger partial charge in [-0.3, -0.25) is 0 Å². The first-order valence-electron chi connectivity index (χ1n) is 6.76. The SMILES string of the molecule is C#CCN(C1CCCCC1)S(=O)(=O)c1cccc(Br)c1. The molecule has 0 aliphatic heterocycles. The van der Waals surface area contributed by atoms with Crippen molar-refractivity contribution in [3.8, 4) is 12.3 Å².